The zero-order valence-electron chi connectivity index (χ0n) is 48.9. The van der Waals surface area contributed by atoms with Gasteiger partial charge in [0.15, 0.2) is 6.29 Å². The van der Waals surface area contributed by atoms with Crippen LogP contribution >= 0.6 is 0 Å². The maximum Gasteiger partial charge on any atom is 0.220 e. The molecule has 74 heavy (non-hydrogen) atoms. The van der Waals surface area contributed by atoms with Gasteiger partial charge in [-0.25, -0.2) is 0 Å². The van der Waals surface area contributed by atoms with Crippen LogP contribution in [0.5, 0.6) is 0 Å². The number of amides is 1. The fourth-order valence-electron chi connectivity index (χ4n) is 10.7. The number of aliphatic hydroxyl groups excluding tert-OH is 5. The quantitative estimate of drug-likeness (QED) is 0.0261. The molecule has 1 rings (SSSR count). The maximum absolute atomic E-state index is 13.1. The Kier molecular flexibility index (Phi) is 52.5. The van der Waals surface area contributed by atoms with Gasteiger partial charge in [0.05, 0.1) is 25.4 Å². The number of unbranched alkanes of at least 4 members (excludes halogenated alkanes) is 43. The molecule has 0 aromatic carbocycles. The summed E-state index contributed by atoms with van der Waals surface area (Å²) in [7, 11) is 0. The SMILES string of the molecule is CCCCCCC/C=C\C/C=C\CCCCCCCCCCCCCCCCCC(=O)NC(COC1OC(CO)C(O)C(O)C1O)C(O)CCCCCCCCCCCCCCCCCCCCCCCCCC. The number of aliphatic hydroxyl groups is 5. The molecule has 7 unspecified atom stereocenters. The Bertz CT molecular complexity index is 1210. The number of hydrogen-bond acceptors (Lipinski definition) is 8. The highest BCUT2D eigenvalue weighted by Crippen LogP contribution is 2.24. The molecule has 0 radical (unpaired) electrons. The van der Waals surface area contributed by atoms with Gasteiger partial charge in [-0.15, -0.1) is 0 Å². The molecule has 0 aromatic heterocycles. The van der Waals surface area contributed by atoms with Crippen LogP contribution in [-0.4, -0.2) is 87.5 Å². The minimum atomic E-state index is -1.55. The van der Waals surface area contributed by atoms with Crippen LogP contribution < -0.4 is 5.32 Å². The third-order valence-electron chi connectivity index (χ3n) is 15.8. The highest BCUT2D eigenvalue weighted by atomic mass is 16.7. The van der Waals surface area contributed by atoms with Gasteiger partial charge >= 0.3 is 0 Å². The largest absolute Gasteiger partial charge is 0.394 e. The van der Waals surface area contributed by atoms with Crippen LogP contribution in [0.25, 0.3) is 0 Å². The van der Waals surface area contributed by atoms with Crippen LogP contribution in [0.4, 0.5) is 0 Å². The molecule has 1 aliphatic rings. The van der Waals surface area contributed by atoms with Crippen molar-refractivity contribution in [3.8, 4) is 0 Å². The van der Waals surface area contributed by atoms with Crippen molar-refractivity contribution >= 4 is 5.91 Å². The van der Waals surface area contributed by atoms with Crippen LogP contribution in [-0.2, 0) is 14.3 Å². The summed E-state index contributed by atoms with van der Waals surface area (Å²) in [5.74, 6) is -0.138. The second-order valence-corrected chi connectivity index (χ2v) is 22.9. The number of hydrogen-bond donors (Lipinski definition) is 6. The first-order chi connectivity index (χ1) is 36.3. The van der Waals surface area contributed by atoms with E-state index in [0.717, 1.165) is 44.9 Å². The summed E-state index contributed by atoms with van der Waals surface area (Å²) < 4.78 is 11.4. The molecule has 0 bridgehead atoms. The topological polar surface area (TPSA) is 149 Å². The second-order valence-electron chi connectivity index (χ2n) is 22.9. The number of carbonyl (C=O) groups excluding carboxylic acids is 1. The van der Waals surface area contributed by atoms with E-state index < -0.39 is 49.5 Å². The zero-order chi connectivity index (χ0) is 53.6. The molecule has 1 fully saturated rings. The lowest BCUT2D eigenvalue weighted by atomic mass is 9.99. The van der Waals surface area contributed by atoms with E-state index in [0.29, 0.717) is 12.8 Å². The van der Waals surface area contributed by atoms with Crippen LogP contribution in [0, 0.1) is 0 Å². The molecular formula is C65H125NO8. The molecule has 0 aliphatic carbocycles. The van der Waals surface area contributed by atoms with Gasteiger partial charge in [-0.2, -0.15) is 0 Å². The fraction of sp³-hybridized carbons (Fsp3) is 0.923. The van der Waals surface area contributed by atoms with E-state index in [1.807, 2.05) is 0 Å². The molecule has 0 spiro atoms. The van der Waals surface area contributed by atoms with Crippen molar-refractivity contribution in [1.82, 2.24) is 5.32 Å². The number of nitrogens with one attached hydrogen (secondary N) is 1. The second kappa shape index (κ2) is 55.0. The van der Waals surface area contributed by atoms with E-state index in [9.17, 15) is 30.3 Å². The summed E-state index contributed by atoms with van der Waals surface area (Å²) in [5, 5.41) is 54.9. The monoisotopic (exact) mass is 1050 g/mol. The molecule has 1 aliphatic heterocycles. The lowest BCUT2D eigenvalue weighted by Crippen LogP contribution is -2.60. The Morgan fingerprint density at radius 1 is 0.459 bits per heavy atom. The number of rotatable bonds is 57. The molecule has 0 saturated carbocycles. The Morgan fingerprint density at radius 3 is 1.16 bits per heavy atom. The van der Waals surface area contributed by atoms with Gasteiger partial charge in [-0.05, 0) is 44.9 Å². The van der Waals surface area contributed by atoms with Crippen LogP contribution in [0.3, 0.4) is 0 Å². The van der Waals surface area contributed by atoms with Crippen molar-refractivity contribution in [1.29, 1.82) is 0 Å². The molecule has 1 amide bonds. The minimum absolute atomic E-state index is 0.134. The van der Waals surface area contributed by atoms with Gasteiger partial charge in [0.25, 0.3) is 0 Å². The fourth-order valence-corrected chi connectivity index (χ4v) is 10.7. The molecule has 1 heterocycles. The van der Waals surface area contributed by atoms with Crippen LogP contribution in [0.1, 0.15) is 328 Å². The molecule has 1 saturated heterocycles. The molecule has 9 nitrogen and oxygen atoms in total. The average Bonchev–Trinajstić information content (AvgIpc) is 3.40. The van der Waals surface area contributed by atoms with Gasteiger partial charge in [-0.3, -0.25) is 4.79 Å². The number of allylic oxidation sites excluding steroid dienone is 4. The van der Waals surface area contributed by atoms with Crippen molar-refractivity contribution < 1.29 is 39.8 Å². The smallest absolute Gasteiger partial charge is 0.220 e. The minimum Gasteiger partial charge on any atom is -0.394 e. The van der Waals surface area contributed by atoms with Gasteiger partial charge in [0, 0.05) is 6.42 Å². The van der Waals surface area contributed by atoms with Crippen molar-refractivity contribution in [3.63, 3.8) is 0 Å². The first-order valence-electron chi connectivity index (χ1n) is 32.5. The standard InChI is InChI=1S/C65H125NO8/c1-3-5-7-9-11-13-15-17-19-21-23-25-27-29-30-31-33-35-37-39-41-43-45-47-49-51-53-55-61(69)66-58(57-73-65-64(72)63(71)62(70)60(56-67)74-65)59(68)54-52-50-48-46-44-42-40-38-36-34-32-28-26-24-22-20-18-16-14-12-10-8-6-4-2/h15,17,21,23,58-60,62-65,67-68,70-72H,3-14,16,18-20,22,24-57H2,1-2H3,(H,66,69)/b17-15-,23-21-. The summed E-state index contributed by atoms with van der Waals surface area (Å²) in [6.07, 6.45) is 63.6. The van der Waals surface area contributed by atoms with E-state index in [-0.39, 0.29) is 12.5 Å². The van der Waals surface area contributed by atoms with Gasteiger partial charge in [0.2, 0.25) is 5.91 Å². The molecule has 7 atom stereocenters. The Labute approximate surface area is 458 Å². The summed E-state index contributed by atoms with van der Waals surface area (Å²) in [6, 6.07) is -0.718. The Balaban J connectivity index is 2.14. The van der Waals surface area contributed by atoms with Crippen LogP contribution in [0.15, 0.2) is 24.3 Å². The van der Waals surface area contributed by atoms with Crippen molar-refractivity contribution in [2.24, 2.45) is 0 Å². The van der Waals surface area contributed by atoms with E-state index in [1.54, 1.807) is 0 Å². The summed E-state index contributed by atoms with van der Waals surface area (Å²) >= 11 is 0. The predicted octanol–water partition coefficient (Wildman–Crippen LogP) is 16.9. The van der Waals surface area contributed by atoms with E-state index in [1.165, 1.54) is 257 Å². The summed E-state index contributed by atoms with van der Waals surface area (Å²) in [5.41, 5.74) is 0. The van der Waals surface area contributed by atoms with Gasteiger partial charge in [0.1, 0.15) is 24.4 Å². The van der Waals surface area contributed by atoms with Gasteiger partial charge in [-0.1, -0.05) is 301 Å². The number of ether oxygens (including phenoxy) is 2. The molecule has 438 valence electrons. The first-order valence-corrected chi connectivity index (χ1v) is 32.5. The molecule has 6 N–H and O–H groups in total. The van der Waals surface area contributed by atoms with E-state index in [2.05, 4.69) is 43.5 Å². The van der Waals surface area contributed by atoms with Crippen molar-refractivity contribution in [3.05, 3.63) is 24.3 Å². The highest BCUT2D eigenvalue weighted by molar-refractivity contribution is 5.76. The van der Waals surface area contributed by atoms with Crippen molar-refractivity contribution in [2.45, 2.75) is 371 Å². The third kappa shape index (κ3) is 43.6. The van der Waals surface area contributed by atoms with Crippen LogP contribution in [0.2, 0.25) is 0 Å². The van der Waals surface area contributed by atoms with E-state index >= 15 is 0 Å². The van der Waals surface area contributed by atoms with Gasteiger partial charge < -0.3 is 40.3 Å². The van der Waals surface area contributed by atoms with E-state index in [4.69, 9.17) is 9.47 Å². The lowest BCUT2D eigenvalue weighted by Gasteiger charge is -2.40. The molecule has 9 heteroatoms. The first kappa shape index (κ1) is 70.7. The molecular weight excluding hydrogens is 923 g/mol. The summed E-state index contributed by atoms with van der Waals surface area (Å²) in [6.45, 7) is 3.88. The predicted molar refractivity (Wildman–Crippen MR) is 314 cm³/mol. The lowest BCUT2D eigenvalue weighted by molar-refractivity contribution is -0.302. The average molecular weight is 1050 g/mol. The summed E-state index contributed by atoms with van der Waals surface area (Å²) in [4.78, 5) is 13.1. The highest BCUT2D eigenvalue weighted by Gasteiger charge is 2.44. The maximum atomic E-state index is 13.1. The normalized spacial score (nSPS) is 19.0. The Hall–Kier alpha value is -1.33. The Morgan fingerprint density at radius 2 is 0.797 bits per heavy atom. The van der Waals surface area contributed by atoms with Crippen molar-refractivity contribution in [2.75, 3.05) is 13.2 Å². The third-order valence-corrected chi connectivity index (χ3v) is 15.8. The number of carbonyl (C=O) groups is 1. The molecule has 0 aromatic rings. The zero-order valence-corrected chi connectivity index (χ0v) is 48.9.